The molecule has 0 saturated carbocycles. The highest BCUT2D eigenvalue weighted by molar-refractivity contribution is 6.00. The lowest BCUT2D eigenvalue weighted by Gasteiger charge is -2.30. The molecule has 0 N–H and O–H groups in total. The smallest absolute Gasteiger partial charge is 0.187 e. The van der Waals surface area contributed by atoms with E-state index in [0.717, 1.165) is 38.8 Å². The van der Waals surface area contributed by atoms with Crippen LogP contribution < -0.4 is 0 Å². The van der Waals surface area contributed by atoms with Crippen LogP contribution in [0.25, 0.3) is 83.2 Å². The van der Waals surface area contributed by atoms with E-state index in [-0.39, 0.29) is 0 Å². The molecular formula is C51H30N4. The van der Waals surface area contributed by atoms with Gasteiger partial charge >= 0.3 is 0 Å². The molecule has 0 amide bonds. The molecular weight excluding hydrogens is 669 g/mol. The number of benzene rings is 8. The SMILES string of the molecule is [C-]#[N+]c1ccc2c(c1)-c1c(-c3ccc(-c4nc(-c5ccccc5)nc(-c5ccc6ccccc6c5)n4)cc3)cccc1C21c2ccccc2-c2ccccc21. The predicted octanol–water partition coefficient (Wildman–Crippen LogP) is 12.6. The first-order valence-electron chi connectivity index (χ1n) is 18.5. The van der Waals surface area contributed by atoms with Crippen molar-refractivity contribution in [1.82, 2.24) is 15.0 Å². The van der Waals surface area contributed by atoms with E-state index >= 15 is 0 Å². The van der Waals surface area contributed by atoms with Crippen molar-refractivity contribution >= 4 is 16.5 Å². The highest BCUT2D eigenvalue weighted by atomic mass is 15.0. The molecule has 11 rings (SSSR count). The molecule has 2 aliphatic rings. The third kappa shape index (κ3) is 4.60. The first-order chi connectivity index (χ1) is 27.2. The third-order valence-corrected chi connectivity index (χ3v) is 11.4. The molecule has 0 bridgehead atoms. The van der Waals surface area contributed by atoms with E-state index in [1.165, 1.54) is 44.3 Å². The summed E-state index contributed by atoms with van der Waals surface area (Å²) >= 11 is 0. The second-order valence-electron chi connectivity index (χ2n) is 14.2. The van der Waals surface area contributed by atoms with E-state index < -0.39 is 5.41 Å². The van der Waals surface area contributed by atoms with Crippen LogP contribution in [0, 0.1) is 6.57 Å². The Balaban J connectivity index is 1.07. The van der Waals surface area contributed by atoms with Gasteiger partial charge in [0.25, 0.3) is 0 Å². The molecule has 2 aliphatic carbocycles. The van der Waals surface area contributed by atoms with Gasteiger partial charge in [0.2, 0.25) is 0 Å². The quantitative estimate of drug-likeness (QED) is 0.172. The maximum absolute atomic E-state index is 7.93. The van der Waals surface area contributed by atoms with E-state index in [2.05, 4.69) is 150 Å². The van der Waals surface area contributed by atoms with Gasteiger partial charge in [0, 0.05) is 16.7 Å². The fourth-order valence-corrected chi connectivity index (χ4v) is 8.97. The van der Waals surface area contributed by atoms with E-state index in [4.69, 9.17) is 21.5 Å². The Hall–Kier alpha value is -7.48. The summed E-state index contributed by atoms with van der Waals surface area (Å²) in [6, 6.07) is 63.9. The first-order valence-corrected chi connectivity index (χ1v) is 18.5. The van der Waals surface area contributed by atoms with Crippen LogP contribution in [-0.2, 0) is 5.41 Å². The molecule has 8 aromatic carbocycles. The lowest BCUT2D eigenvalue weighted by Crippen LogP contribution is -2.25. The zero-order chi connectivity index (χ0) is 36.5. The molecule has 0 unspecified atom stereocenters. The molecule has 0 radical (unpaired) electrons. The van der Waals surface area contributed by atoms with Crippen molar-refractivity contribution in [1.29, 1.82) is 0 Å². The largest absolute Gasteiger partial charge is 0.238 e. The van der Waals surface area contributed by atoms with Crippen LogP contribution in [0.1, 0.15) is 22.3 Å². The molecule has 4 nitrogen and oxygen atoms in total. The van der Waals surface area contributed by atoms with Crippen LogP contribution in [0.3, 0.4) is 0 Å². The van der Waals surface area contributed by atoms with Gasteiger partial charge in [0.1, 0.15) is 0 Å². The number of rotatable bonds is 4. The van der Waals surface area contributed by atoms with E-state index in [1.807, 2.05) is 36.4 Å². The second kappa shape index (κ2) is 12.0. The standard InChI is InChI=1S/C51H30N4/c1-52-38-28-29-45-42(31-38)47-39(18-11-21-46(47)51(45)43-19-9-7-16-40(43)41-17-8-10-20-44(41)51)33-23-25-35(26-24-33)49-53-48(34-13-3-2-4-14-34)54-50(55-49)37-27-22-32-12-5-6-15-36(32)30-37/h2-31H. The van der Waals surface area contributed by atoms with E-state index in [0.29, 0.717) is 23.2 Å². The van der Waals surface area contributed by atoms with Gasteiger partial charge in [-0.25, -0.2) is 19.8 Å². The molecule has 0 fully saturated rings. The van der Waals surface area contributed by atoms with Crippen molar-refractivity contribution in [2.75, 3.05) is 0 Å². The predicted molar refractivity (Wildman–Crippen MR) is 222 cm³/mol. The van der Waals surface area contributed by atoms with Gasteiger partial charge in [-0.1, -0.05) is 170 Å². The molecule has 9 aromatic rings. The maximum atomic E-state index is 7.93. The Morgan fingerprint density at radius 1 is 0.364 bits per heavy atom. The van der Waals surface area contributed by atoms with Crippen molar-refractivity contribution in [3.8, 4) is 67.5 Å². The molecule has 1 spiro atoms. The summed E-state index contributed by atoms with van der Waals surface area (Å²) in [6.45, 7) is 7.93. The molecule has 55 heavy (non-hydrogen) atoms. The molecule has 254 valence electrons. The third-order valence-electron chi connectivity index (χ3n) is 11.4. The Labute approximate surface area is 318 Å². The molecule has 1 aromatic heterocycles. The van der Waals surface area contributed by atoms with Crippen LogP contribution >= 0.6 is 0 Å². The second-order valence-corrected chi connectivity index (χ2v) is 14.2. The summed E-state index contributed by atoms with van der Waals surface area (Å²) in [6.07, 6.45) is 0. The molecule has 0 saturated heterocycles. The van der Waals surface area contributed by atoms with Crippen molar-refractivity contribution < 1.29 is 0 Å². The van der Waals surface area contributed by atoms with Crippen LogP contribution in [0.5, 0.6) is 0 Å². The van der Waals surface area contributed by atoms with Crippen LogP contribution in [0.4, 0.5) is 5.69 Å². The van der Waals surface area contributed by atoms with Crippen molar-refractivity contribution in [2.45, 2.75) is 5.41 Å². The van der Waals surface area contributed by atoms with E-state index in [1.54, 1.807) is 0 Å². The van der Waals surface area contributed by atoms with Gasteiger partial charge in [-0.2, -0.15) is 0 Å². The fourth-order valence-electron chi connectivity index (χ4n) is 8.97. The lowest BCUT2D eigenvalue weighted by molar-refractivity contribution is 0.794. The lowest BCUT2D eigenvalue weighted by atomic mass is 9.70. The Morgan fingerprint density at radius 2 is 0.891 bits per heavy atom. The fraction of sp³-hybridized carbons (Fsp3) is 0.0196. The zero-order valence-corrected chi connectivity index (χ0v) is 29.6. The van der Waals surface area contributed by atoms with Crippen molar-refractivity contribution in [2.24, 2.45) is 0 Å². The Kier molecular flexibility index (Phi) is 6.80. The number of hydrogen-bond acceptors (Lipinski definition) is 3. The molecule has 1 heterocycles. The summed E-state index contributed by atoms with van der Waals surface area (Å²) in [5.41, 5.74) is 15.0. The monoisotopic (exact) mass is 698 g/mol. The number of aromatic nitrogens is 3. The zero-order valence-electron chi connectivity index (χ0n) is 29.6. The van der Waals surface area contributed by atoms with Gasteiger partial charge in [-0.05, 0) is 78.5 Å². The highest BCUT2D eigenvalue weighted by Gasteiger charge is 2.52. The molecule has 0 aliphatic heterocycles. The summed E-state index contributed by atoms with van der Waals surface area (Å²) in [7, 11) is 0. The minimum absolute atomic E-state index is 0.480. The number of hydrogen-bond donors (Lipinski definition) is 0. The minimum atomic E-state index is -0.480. The van der Waals surface area contributed by atoms with Crippen molar-refractivity contribution in [3.05, 3.63) is 216 Å². The summed E-state index contributed by atoms with van der Waals surface area (Å²) in [5.74, 6) is 1.88. The average molecular weight is 699 g/mol. The Bertz CT molecular complexity index is 3000. The number of nitrogens with zero attached hydrogens (tertiary/aromatic N) is 4. The van der Waals surface area contributed by atoms with Gasteiger partial charge in [-0.3, -0.25) is 0 Å². The van der Waals surface area contributed by atoms with E-state index in [9.17, 15) is 0 Å². The van der Waals surface area contributed by atoms with Gasteiger partial charge < -0.3 is 0 Å². The normalized spacial score (nSPS) is 12.9. The van der Waals surface area contributed by atoms with Crippen LogP contribution in [0.2, 0.25) is 0 Å². The van der Waals surface area contributed by atoms with Crippen molar-refractivity contribution in [3.63, 3.8) is 0 Å². The van der Waals surface area contributed by atoms with Gasteiger partial charge in [0.15, 0.2) is 23.2 Å². The summed E-state index contributed by atoms with van der Waals surface area (Å²) < 4.78 is 0. The average Bonchev–Trinajstić information content (AvgIpc) is 3.73. The minimum Gasteiger partial charge on any atom is -0.238 e. The van der Waals surface area contributed by atoms with Crippen LogP contribution in [-0.4, -0.2) is 15.0 Å². The summed E-state index contributed by atoms with van der Waals surface area (Å²) in [5, 5.41) is 2.31. The van der Waals surface area contributed by atoms with Gasteiger partial charge in [-0.15, -0.1) is 0 Å². The molecule has 4 heteroatoms. The first kappa shape index (κ1) is 31.1. The Morgan fingerprint density at radius 3 is 1.60 bits per heavy atom. The maximum Gasteiger partial charge on any atom is 0.187 e. The van der Waals surface area contributed by atoms with Gasteiger partial charge in [0.05, 0.1) is 12.0 Å². The summed E-state index contributed by atoms with van der Waals surface area (Å²) in [4.78, 5) is 18.9. The highest BCUT2D eigenvalue weighted by Crippen LogP contribution is 2.64. The van der Waals surface area contributed by atoms with Crippen LogP contribution in [0.15, 0.2) is 182 Å². The number of fused-ring (bicyclic) bond motifs is 11. The topological polar surface area (TPSA) is 43.0 Å². The molecule has 0 atom stereocenters.